The van der Waals surface area contributed by atoms with Gasteiger partial charge in [0.15, 0.2) is 5.82 Å². The fraction of sp³-hybridized carbons (Fsp3) is 0.235. The van der Waals surface area contributed by atoms with Crippen molar-refractivity contribution in [2.45, 2.75) is 13.0 Å². The van der Waals surface area contributed by atoms with Crippen LogP contribution in [0.1, 0.15) is 16.8 Å². The van der Waals surface area contributed by atoms with Crippen LogP contribution in [0.3, 0.4) is 0 Å². The van der Waals surface area contributed by atoms with Gasteiger partial charge >= 0.3 is 0 Å². The van der Waals surface area contributed by atoms with Crippen LogP contribution in [0, 0.1) is 5.82 Å². The van der Waals surface area contributed by atoms with Gasteiger partial charge in [-0.15, -0.1) is 0 Å². The van der Waals surface area contributed by atoms with E-state index >= 15 is 0 Å². The zero-order valence-corrected chi connectivity index (χ0v) is 13.9. The summed E-state index contributed by atoms with van der Waals surface area (Å²) in [5, 5.41) is 7.09. The molecule has 0 fully saturated rings. The molecular weight excluding hydrogens is 325 g/mol. The third-order valence-electron chi connectivity index (χ3n) is 3.84. The first-order valence-electron chi connectivity index (χ1n) is 7.76. The van der Waals surface area contributed by atoms with Crippen molar-refractivity contribution in [2.24, 2.45) is 0 Å². The maximum absolute atomic E-state index is 14.0. The highest BCUT2D eigenvalue weighted by Crippen LogP contribution is 2.22. The molecule has 2 heterocycles. The number of nitrogens with one attached hydrogen (secondary N) is 2. The summed E-state index contributed by atoms with van der Waals surface area (Å²) in [4.78, 5) is 28.4. The Morgan fingerprint density at radius 2 is 2.12 bits per heavy atom. The van der Waals surface area contributed by atoms with Gasteiger partial charge in [0.05, 0.1) is 5.56 Å². The zero-order valence-electron chi connectivity index (χ0n) is 13.9. The summed E-state index contributed by atoms with van der Waals surface area (Å²) in [5.74, 6) is -0.578. The first-order chi connectivity index (χ1) is 12.0. The summed E-state index contributed by atoms with van der Waals surface area (Å²) in [6, 6.07) is 6.21. The predicted molar refractivity (Wildman–Crippen MR) is 91.7 cm³/mol. The van der Waals surface area contributed by atoms with Crippen LogP contribution < -0.4 is 5.32 Å². The van der Waals surface area contributed by atoms with Crippen LogP contribution in [0.2, 0.25) is 0 Å². The Bertz CT molecular complexity index is 928. The van der Waals surface area contributed by atoms with Gasteiger partial charge in [0.25, 0.3) is 5.91 Å². The molecule has 0 bridgehead atoms. The van der Waals surface area contributed by atoms with E-state index in [1.54, 1.807) is 43.2 Å². The van der Waals surface area contributed by atoms with Gasteiger partial charge in [-0.25, -0.2) is 4.39 Å². The van der Waals surface area contributed by atoms with Crippen molar-refractivity contribution in [1.82, 2.24) is 19.7 Å². The molecule has 0 aliphatic carbocycles. The number of rotatable bonds is 5. The Morgan fingerprint density at radius 3 is 2.88 bits per heavy atom. The van der Waals surface area contributed by atoms with E-state index in [2.05, 4.69) is 15.4 Å². The van der Waals surface area contributed by atoms with Crippen molar-refractivity contribution < 1.29 is 14.0 Å². The molecule has 0 aliphatic rings. The average molecular weight is 343 g/mol. The molecule has 0 spiro atoms. The molecule has 7 nitrogen and oxygen atoms in total. The van der Waals surface area contributed by atoms with Crippen LogP contribution >= 0.6 is 0 Å². The number of aryl methyl sites for hydroxylation is 1. The fourth-order valence-electron chi connectivity index (χ4n) is 2.49. The molecule has 0 unspecified atom stereocenters. The maximum atomic E-state index is 14.0. The highest BCUT2D eigenvalue weighted by molar-refractivity contribution is 6.12. The summed E-state index contributed by atoms with van der Waals surface area (Å²) in [6.45, 7) is 0.411. The Labute approximate surface area is 143 Å². The molecule has 0 radical (unpaired) electrons. The van der Waals surface area contributed by atoms with Crippen molar-refractivity contribution >= 4 is 28.5 Å². The first-order valence-corrected chi connectivity index (χ1v) is 7.76. The second kappa shape index (κ2) is 6.76. The fourth-order valence-corrected chi connectivity index (χ4v) is 2.49. The number of carbonyl (C=O) groups excluding carboxylic acids is 2. The van der Waals surface area contributed by atoms with Crippen LogP contribution in [-0.4, -0.2) is 45.6 Å². The number of halogens is 1. The highest BCUT2D eigenvalue weighted by atomic mass is 19.1. The monoisotopic (exact) mass is 343 g/mol. The van der Waals surface area contributed by atoms with Crippen molar-refractivity contribution in [1.29, 1.82) is 0 Å². The second-order valence-electron chi connectivity index (χ2n) is 5.82. The maximum Gasteiger partial charge on any atom is 0.259 e. The minimum Gasteiger partial charge on any atom is -0.360 e. The lowest BCUT2D eigenvalue weighted by Crippen LogP contribution is -2.23. The van der Waals surface area contributed by atoms with E-state index in [-0.39, 0.29) is 16.9 Å². The number of hydrogen-bond donors (Lipinski definition) is 2. The normalized spacial score (nSPS) is 10.8. The number of nitrogens with zero attached hydrogens (tertiary/aromatic N) is 3. The number of fused-ring (bicyclic) bond motifs is 1. The Morgan fingerprint density at radius 1 is 1.32 bits per heavy atom. The molecule has 3 rings (SSSR count). The van der Waals surface area contributed by atoms with Crippen LogP contribution in [0.5, 0.6) is 0 Å². The van der Waals surface area contributed by atoms with Crippen LogP contribution in [0.4, 0.5) is 10.2 Å². The van der Waals surface area contributed by atoms with E-state index in [1.165, 1.54) is 17.2 Å². The third-order valence-corrected chi connectivity index (χ3v) is 3.84. The number of hydrogen-bond acceptors (Lipinski definition) is 3. The van der Waals surface area contributed by atoms with Gasteiger partial charge in [0, 0.05) is 56.4 Å². The number of amides is 2. The summed E-state index contributed by atoms with van der Waals surface area (Å²) in [5.41, 5.74) is 0.767. The number of benzene rings is 1. The number of aromatic nitrogens is 3. The SMILES string of the molecule is CN(C)C(=O)CCn1ccc(NC(=O)c2c[nH]c3cccc(F)c23)n1. The third kappa shape index (κ3) is 3.52. The smallest absolute Gasteiger partial charge is 0.259 e. The lowest BCUT2D eigenvalue weighted by Gasteiger charge is -2.09. The van der Waals surface area contributed by atoms with Crippen molar-refractivity contribution in [3.05, 3.63) is 48.0 Å². The van der Waals surface area contributed by atoms with Crippen LogP contribution in [0.25, 0.3) is 10.9 Å². The lowest BCUT2D eigenvalue weighted by atomic mass is 10.1. The van der Waals surface area contributed by atoms with Gasteiger partial charge in [-0.05, 0) is 12.1 Å². The Hall–Kier alpha value is -3.16. The van der Waals surface area contributed by atoms with Gasteiger partial charge in [-0.2, -0.15) is 5.10 Å². The van der Waals surface area contributed by atoms with Gasteiger partial charge in [0.1, 0.15) is 5.82 Å². The van der Waals surface area contributed by atoms with Crippen molar-refractivity contribution in [3.63, 3.8) is 0 Å². The summed E-state index contributed by atoms with van der Waals surface area (Å²) in [7, 11) is 3.38. The summed E-state index contributed by atoms with van der Waals surface area (Å²) in [6.07, 6.45) is 3.46. The molecule has 3 aromatic rings. The number of H-pyrrole nitrogens is 1. The molecule has 130 valence electrons. The molecule has 1 aromatic carbocycles. The first kappa shape index (κ1) is 16.7. The number of aromatic amines is 1. The minimum atomic E-state index is -0.461. The summed E-state index contributed by atoms with van der Waals surface area (Å²) >= 11 is 0. The molecule has 25 heavy (non-hydrogen) atoms. The van der Waals surface area contributed by atoms with Crippen LogP contribution in [-0.2, 0) is 11.3 Å². The number of anilines is 1. The molecule has 0 atom stereocenters. The standard InChI is InChI=1S/C17H18FN5O2/c1-22(2)15(24)7-9-23-8-6-14(21-23)20-17(25)11-10-19-13-5-3-4-12(18)16(11)13/h3-6,8,10,19H,7,9H2,1-2H3,(H,20,21,25). The molecule has 0 aliphatic heterocycles. The Balaban J connectivity index is 1.70. The van der Waals surface area contributed by atoms with Gasteiger partial charge in [-0.3, -0.25) is 14.3 Å². The molecular formula is C17H18FN5O2. The molecule has 2 N–H and O–H groups in total. The van der Waals surface area contributed by atoms with E-state index < -0.39 is 11.7 Å². The molecule has 8 heteroatoms. The van der Waals surface area contributed by atoms with Crippen molar-refractivity contribution in [3.8, 4) is 0 Å². The quantitative estimate of drug-likeness (QED) is 0.745. The van der Waals surface area contributed by atoms with Gasteiger partial charge in [0.2, 0.25) is 5.91 Å². The average Bonchev–Trinajstić information content (AvgIpc) is 3.20. The minimum absolute atomic E-state index is 0.00430. The van der Waals surface area contributed by atoms with Gasteiger partial charge in [-0.1, -0.05) is 6.07 Å². The van der Waals surface area contributed by atoms with E-state index in [0.29, 0.717) is 24.3 Å². The van der Waals surface area contributed by atoms with E-state index in [9.17, 15) is 14.0 Å². The molecule has 0 saturated carbocycles. The second-order valence-corrected chi connectivity index (χ2v) is 5.82. The lowest BCUT2D eigenvalue weighted by molar-refractivity contribution is -0.128. The van der Waals surface area contributed by atoms with E-state index in [0.717, 1.165) is 0 Å². The molecule has 0 saturated heterocycles. The number of carbonyl (C=O) groups is 2. The highest BCUT2D eigenvalue weighted by Gasteiger charge is 2.16. The summed E-state index contributed by atoms with van der Waals surface area (Å²) < 4.78 is 15.5. The van der Waals surface area contributed by atoms with Crippen molar-refractivity contribution in [2.75, 3.05) is 19.4 Å². The van der Waals surface area contributed by atoms with Crippen LogP contribution in [0.15, 0.2) is 36.7 Å². The predicted octanol–water partition coefficient (Wildman–Crippen LogP) is 2.23. The Kier molecular flexibility index (Phi) is 4.51. The zero-order chi connectivity index (χ0) is 18.0. The molecule has 2 aromatic heterocycles. The van der Waals surface area contributed by atoms with E-state index in [1.807, 2.05) is 0 Å². The van der Waals surface area contributed by atoms with E-state index in [4.69, 9.17) is 0 Å². The topological polar surface area (TPSA) is 83.0 Å². The molecule has 2 amide bonds. The largest absolute Gasteiger partial charge is 0.360 e. The van der Waals surface area contributed by atoms with Gasteiger partial charge < -0.3 is 15.2 Å².